The van der Waals surface area contributed by atoms with E-state index >= 15 is 0 Å². The van der Waals surface area contributed by atoms with Gasteiger partial charge >= 0.3 is 0 Å². The second kappa shape index (κ2) is 4.63. The average Bonchev–Trinajstić information content (AvgIpc) is 2.61. The fourth-order valence-corrected chi connectivity index (χ4v) is 3.02. The van der Waals surface area contributed by atoms with Gasteiger partial charge in [-0.1, -0.05) is 20.3 Å². The molecule has 0 aromatic rings. The van der Waals surface area contributed by atoms with Gasteiger partial charge in [-0.15, -0.1) is 0 Å². The van der Waals surface area contributed by atoms with Crippen LogP contribution in [0.4, 0.5) is 0 Å². The minimum atomic E-state index is -0.555. The van der Waals surface area contributed by atoms with Crippen LogP contribution < -0.4 is 0 Å². The van der Waals surface area contributed by atoms with Crippen LogP contribution in [0.1, 0.15) is 46.5 Å². The van der Waals surface area contributed by atoms with Crippen LogP contribution in [0, 0.1) is 11.8 Å². The lowest BCUT2D eigenvalue weighted by Gasteiger charge is -2.40. The topological polar surface area (TPSA) is 38.7 Å². The molecule has 3 nitrogen and oxygen atoms in total. The fraction of sp³-hybridized carbons (Fsp3) is 1.00. The SMILES string of the molecule is CCC1CO[C@@](C)([C@@H]2CC[C@@H](C)C[C@H]2O)O1. The first-order chi connectivity index (χ1) is 7.55. The maximum absolute atomic E-state index is 10.2. The molecule has 0 radical (unpaired) electrons. The van der Waals surface area contributed by atoms with Crippen molar-refractivity contribution in [2.75, 3.05) is 6.61 Å². The van der Waals surface area contributed by atoms with E-state index < -0.39 is 5.79 Å². The molecule has 1 unspecified atom stereocenters. The first-order valence-electron chi connectivity index (χ1n) is 6.55. The summed E-state index contributed by atoms with van der Waals surface area (Å²) in [7, 11) is 0. The molecule has 2 fully saturated rings. The summed E-state index contributed by atoms with van der Waals surface area (Å²) in [5, 5.41) is 10.2. The summed E-state index contributed by atoms with van der Waals surface area (Å²) >= 11 is 0. The number of aliphatic hydroxyl groups is 1. The van der Waals surface area contributed by atoms with Gasteiger partial charge in [0.1, 0.15) is 0 Å². The molecule has 0 spiro atoms. The molecule has 0 bridgehead atoms. The van der Waals surface area contributed by atoms with Crippen LogP contribution in [0.5, 0.6) is 0 Å². The third-order valence-electron chi connectivity index (χ3n) is 4.16. The lowest BCUT2D eigenvalue weighted by atomic mass is 9.77. The number of hydrogen-bond acceptors (Lipinski definition) is 3. The van der Waals surface area contributed by atoms with Gasteiger partial charge in [0.2, 0.25) is 0 Å². The predicted octanol–water partition coefficient (Wildman–Crippen LogP) is 2.33. The summed E-state index contributed by atoms with van der Waals surface area (Å²) in [6.45, 7) is 6.98. The Bertz CT molecular complexity index is 243. The van der Waals surface area contributed by atoms with Crippen LogP contribution in [0.15, 0.2) is 0 Å². The van der Waals surface area contributed by atoms with Crippen LogP contribution in [0.25, 0.3) is 0 Å². The fourth-order valence-electron chi connectivity index (χ4n) is 3.02. The van der Waals surface area contributed by atoms with E-state index in [4.69, 9.17) is 9.47 Å². The normalized spacial score (nSPS) is 49.5. The number of hydrogen-bond donors (Lipinski definition) is 1. The molecule has 2 aliphatic rings. The van der Waals surface area contributed by atoms with Gasteiger partial charge < -0.3 is 14.6 Å². The van der Waals surface area contributed by atoms with Crippen LogP contribution in [-0.4, -0.2) is 29.7 Å². The molecule has 94 valence electrons. The van der Waals surface area contributed by atoms with E-state index in [2.05, 4.69) is 13.8 Å². The monoisotopic (exact) mass is 228 g/mol. The van der Waals surface area contributed by atoms with Crippen molar-refractivity contribution in [2.24, 2.45) is 11.8 Å². The van der Waals surface area contributed by atoms with Crippen LogP contribution in [0.3, 0.4) is 0 Å². The summed E-state index contributed by atoms with van der Waals surface area (Å²) in [6, 6.07) is 0. The molecule has 1 N–H and O–H groups in total. The number of rotatable bonds is 2. The van der Waals surface area contributed by atoms with E-state index in [-0.39, 0.29) is 18.1 Å². The molecule has 5 atom stereocenters. The first-order valence-corrected chi connectivity index (χ1v) is 6.55. The Kier molecular flexibility index (Phi) is 3.57. The summed E-state index contributed by atoms with van der Waals surface area (Å²) < 4.78 is 11.8. The lowest BCUT2D eigenvalue weighted by molar-refractivity contribution is -0.221. The molecule has 1 aliphatic heterocycles. The largest absolute Gasteiger partial charge is 0.393 e. The highest BCUT2D eigenvalue weighted by Gasteiger charge is 2.47. The smallest absolute Gasteiger partial charge is 0.171 e. The average molecular weight is 228 g/mol. The molecule has 1 saturated heterocycles. The quantitative estimate of drug-likeness (QED) is 0.788. The summed E-state index contributed by atoms with van der Waals surface area (Å²) in [5.74, 6) is 0.207. The molecule has 0 amide bonds. The highest BCUT2D eigenvalue weighted by molar-refractivity contribution is 4.89. The molecule has 0 aromatic carbocycles. The van der Waals surface area contributed by atoms with Crippen molar-refractivity contribution in [1.29, 1.82) is 0 Å². The molecule has 3 heteroatoms. The highest BCUT2D eigenvalue weighted by Crippen LogP contribution is 2.41. The van der Waals surface area contributed by atoms with Crippen molar-refractivity contribution in [3.8, 4) is 0 Å². The Morgan fingerprint density at radius 2 is 2.12 bits per heavy atom. The van der Waals surface area contributed by atoms with Crippen molar-refractivity contribution in [1.82, 2.24) is 0 Å². The molecule has 16 heavy (non-hydrogen) atoms. The van der Waals surface area contributed by atoms with E-state index in [0.717, 1.165) is 19.3 Å². The zero-order valence-corrected chi connectivity index (χ0v) is 10.6. The Labute approximate surface area is 98.1 Å². The molecular formula is C13H24O3. The van der Waals surface area contributed by atoms with E-state index in [9.17, 15) is 5.11 Å². The van der Waals surface area contributed by atoms with Gasteiger partial charge in [-0.05, 0) is 32.1 Å². The summed E-state index contributed by atoms with van der Waals surface area (Å²) in [4.78, 5) is 0. The zero-order chi connectivity index (χ0) is 11.8. The molecule has 1 saturated carbocycles. The van der Waals surface area contributed by atoms with Gasteiger partial charge in [0.05, 0.1) is 18.8 Å². The third kappa shape index (κ3) is 2.27. The Hall–Kier alpha value is -0.120. The number of ether oxygens (including phenoxy) is 2. The Morgan fingerprint density at radius 3 is 2.69 bits per heavy atom. The van der Waals surface area contributed by atoms with Gasteiger partial charge in [-0.3, -0.25) is 0 Å². The van der Waals surface area contributed by atoms with Crippen molar-refractivity contribution in [3.63, 3.8) is 0 Å². The standard InChI is InChI=1S/C13H24O3/c1-4-10-8-15-13(3,16-10)11-6-5-9(2)7-12(11)14/h9-12,14H,4-8H2,1-3H3/t9-,10?,11-,12-,13-/m1/s1. The minimum absolute atomic E-state index is 0.139. The predicted molar refractivity (Wildman–Crippen MR) is 62.0 cm³/mol. The summed E-state index contributed by atoms with van der Waals surface area (Å²) in [5.41, 5.74) is 0. The third-order valence-corrected chi connectivity index (χ3v) is 4.16. The molecular weight excluding hydrogens is 204 g/mol. The maximum atomic E-state index is 10.2. The second-order valence-electron chi connectivity index (χ2n) is 5.57. The molecule has 0 aromatic heterocycles. The van der Waals surface area contributed by atoms with E-state index in [0.29, 0.717) is 12.5 Å². The van der Waals surface area contributed by atoms with Crippen LogP contribution in [0.2, 0.25) is 0 Å². The lowest BCUT2D eigenvalue weighted by Crippen LogP contribution is -2.46. The van der Waals surface area contributed by atoms with Crippen LogP contribution >= 0.6 is 0 Å². The van der Waals surface area contributed by atoms with E-state index in [1.807, 2.05) is 6.92 Å². The van der Waals surface area contributed by atoms with E-state index in [1.54, 1.807) is 0 Å². The van der Waals surface area contributed by atoms with Gasteiger partial charge in [0.15, 0.2) is 5.79 Å². The second-order valence-corrected chi connectivity index (χ2v) is 5.57. The molecule has 1 heterocycles. The van der Waals surface area contributed by atoms with Gasteiger partial charge in [0.25, 0.3) is 0 Å². The van der Waals surface area contributed by atoms with Gasteiger partial charge in [-0.2, -0.15) is 0 Å². The minimum Gasteiger partial charge on any atom is -0.393 e. The maximum Gasteiger partial charge on any atom is 0.171 e. The first kappa shape index (κ1) is 12.3. The van der Waals surface area contributed by atoms with Gasteiger partial charge in [0, 0.05) is 5.92 Å². The van der Waals surface area contributed by atoms with Crippen LogP contribution in [-0.2, 0) is 9.47 Å². The van der Waals surface area contributed by atoms with E-state index in [1.165, 1.54) is 6.42 Å². The molecule has 1 aliphatic carbocycles. The van der Waals surface area contributed by atoms with Crippen molar-refractivity contribution in [2.45, 2.75) is 64.4 Å². The molecule has 2 rings (SSSR count). The van der Waals surface area contributed by atoms with Crippen molar-refractivity contribution in [3.05, 3.63) is 0 Å². The summed E-state index contributed by atoms with van der Waals surface area (Å²) in [6.07, 6.45) is 3.97. The highest BCUT2D eigenvalue weighted by atomic mass is 16.7. The number of aliphatic hydroxyl groups excluding tert-OH is 1. The zero-order valence-electron chi connectivity index (χ0n) is 10.6. The van der Waals surface area contributed by atoms with Crippen molar-refractivity contribution < 1.29 is 14.6 Å². The Balaban J connectivity index is 2.01. The van der Waals surface area contributed by atoms with Gasteiger partial charge in [-0.25, -0.2) is 0 Å². The van der Waals surface area contributed by atoms with Crippen molar-refractivity contribution >= 4 is 0 Å². The Morgan fingerprint density at radius 1 is 1.38 bits per heavy atom.